The fourth-order valence-corrected chi connectivity index (χ4v) is 3.89. The third kappa shape index (κ3) is 4.30. The van der Waals surface area contributed by atoms with Crippen molar-refractivity contribution in [1.82, 2.24) is 19.6 Å². The largest absolute Gasteiger partial charge is 0.496 e. The molecule has 1 aromatic heterocycles. The van der Waals surface area contributed by atoms with Gasteiger partial charge in [-0.1, -0.05) is 30.3 Å². The van der Waals surface area contributed by atoms with Crippen LogP contribution >= 0.6 is 0 Å². The molecule has 0 spiro atoms. The zero-order chi connectivity index (χ0) is 22.5. The molecule has 1 fully saturated rings. The molecule has 0 N–H and O–H groups in total. The van der Waals surface area contributed by atoms with E-state index in [2.05, 4.69) is 0 Å². The number of carbonyl (C=O) groups is 2. The molecule has 0 bridgehead atoms. The van der Waals surface area contributed by atoms with E-state index in [-0.39, 0.29) is 12.0 Å². The summed E-state index contributed by atoms with van der Waals surface area (Å²) >= 11 is 0. The molecule has 8 nitrogen and oxygen atoms in total. The molecule has 0 radical (unpaired) electrons. The molecule has 8 heteroatoms. The van der Waals surface area contributed by atoms with E-state index < -0.39 is 0 Å². The average molecular weight is 434 g/mol. The first-order valence-electron chi connectivity index (χ1n) is 10.5. The van der Waals surface area contributed by atoms with E-state index in [1.165, 1.54) is 7.11 Å². The Hall–Kier alpha value is -3.81. The summed E-state index contributed by atoms with van der Waals surface area (Å²) in [6, 6.07) is 17.2. The van der Waals surface area contributed by atoms with Gasteiger partial charge in [0.05, 0.1) is 25.5 Å². The maximum Gasteiger partial charge on any atom is 0.409 e. The molecule has 166 valence electrons. The maximum atomic E-state index is 13.6. The second-order valence-electron chi connectivity index (χ2n) is 7.47. The van der Waals surface area contributed by atoms with Crippen LogP contribution in [0.25, 0.3) is 16.9 Å². The highest BCUT2D eigenvalue weighted by molar-refractivity contribution is 6.00. The van der Waals surface area contributed by atoms with E-state index >= 15 is 0 Å². The first kappa shape index (κ1) is 21.4. The van der Waals surface area contributed by atoms with Gasteiger partial charge in [-0.05, 0) is 30.7 Å². The SMILES string of the molecule is COC(=O)N1CCCN(C(=O)c2cn(-c3ccccc3)nc2-c2ccccc2OC)CC1. The van der Waals surface area contributed by atoms with Gasteiger partial charge in [0.15, 0.2) is 0 Å². The van der Waals surface area contributed by atoms with E-state index in [1.54, 1.807) is 27.8 Å². The molecule has 32 heavy (non-hydrogen) atoms. The molecule has 1 saturated heterocycles. The van der Waals surface area contributed by atoms with Gasteiger partial charge in [0, 0.05) is 37.9 Å². The number of aromatic nitrogens is 2. The summed E-state index contributed by atoms with van der Waals surface area (Å²) in [5.74, 6) is 0.521. The normalized spacial score (nSPS) is 14.1. The molecule has 1 aliphatic rings. The lowest BCUT2D eigenvalue weighted by Gasteiger charge is -2.21. The molecule has 0 atom stereocenters. The van der Waals surface area contributed by atoms with Gasteiger partial charge in [0.25, 0.3) is 5.91 Å². The summed E-state index contributed by atoms with van der Waals surface area (Å²) in [6.45, 7) is 1.96. The summed E-state index contributed by atoms with van der Waals surface area (Å²) in [6.07, 6.45) is 2.07. The van der Waals surface area contributed by atoms with Crippen molar-refractivity contribution in [2.24, 2.45) is 0 Å². The number of amides is 2. The molecule has 2 heterocycles. The molecule has 2 aromatic carbocycles. The van der Waals surface area contributed by atoms with Crippen molar-refractivity contribution < 1.29 is 19.1 Å². The summed E-state index contributed by atoms with van der Waals surface area (Å²) in [4.78, 5) is 28.9. The number of ether oxygens (including phenoxy) is 2. The molecule has 4 rings (SSSR count). The van der Waals surface area contributed by atoms with Crippen LogP contribution in [0.15, 0.2) is 60.8 Å². The van der Waals surface area contributed by atoms with Gasteiger partial charge in [-0.15, -0.1) is 0 Å². The number of benzene rings is 2. The third-order valence-electron chi connectivity index (χ3n) is 5.54. The molecule has 0 saturated carbocycles. The van der Waals surface area contributed by atoms with Gasteiger partial charge >= 0.3 is 6.09 Å². The number of methoxy groups -OCH3 is 2. The minimum atomic E-state index is -0.370. The second-order valence-corrected chi connectivity index (χ2v) is 7.47. The number of nitrogens with zero attached hydrogens (tertiary/aromatic N) is 4. The Balaban J connectivity index is 1.71. The molecule has 2 amide bonds. The van der Waals surface area contributed by atoms with Crippen molar-refractivity contribution in [3.8, 4) is 22.7 Å². The number of rotatable bonds is 4. The number of hydrogen-bond acceptors (Lipinski definition) is 5. The zero-order valence-electron chi connectivity index (χ0n) is 18.2. The lowest BCUT2D eigenvalue weighted by Crippen LogP contribution is -2.37. The van der Waals surface area contributed by atoms with E-state index in [4.69, 9.17) is 14.6 Å². The Kier molecular flexibility index (Phi) is 6.39. The predicted molar refractivity (Wildman–Crippen MR) is 120 cm³/mol. The fourth-order valence-electron chi connectivity index (χ4n) is 3.89. The van der Waals surface area contributed by atoms with Gasteiger partial charge in [-0.2, -0.15) is 5.10 Å². The van der Waals surface area contributed by atoms with E-state index in [0.29, 0.717) is 49.6 Å². The van der Waals surface area contributed by atoms with Crippen LogP contribution < -0.4 is 4.74 Å². The van der Waals surface area contributed by atoms with Crippen molar-refractivity contribution in [2.45, 2.75) is 6.42 Å². The summed E-state index contributed by atoms with van der Waals surface area (Å²) in [5.41, 5.74) is 2.66. The first-order valence-corrected chi connectivity index (χ1v) is 10.5. The summed E-state index contributed by atoms with van der Waals surface area (Å²) in [7, 11) is 2.97. The maximum absolute atomic E-state index is 13.6. The minimum absolute atomic E-state index is 0.125. The van der Waals surface area contributed by atoms with Crippen LogP contribution in [0.5, 0.6) is 5.75 Å². The smallest absolute Gasteiger partial charge is 0.409 e. The molecule has 0 unspecified atom stereocenters. The molecule has 1 aliphatic heterocycles. The fraction of sp³-hybridized carbons (Fsp3) is 0.292. The topological polar surface area (TPSA) is 76.9 Å². The number of carbonyl (C=O) groups excluding carboxylic acids is 2. The van der Waals surface area contributed by atoms with Crippen LogP contribution in [0.1, 0.15) is 16.8 Å². The van der Waals surface area contributed by atoms with Crippen molar-refractivity contribution >= 4 is 12.0 Å². The highest BCUT2D eigenvalue weighted by Gasteiger charge is 2.27. The zero-order valence-corrected chi connectivity index (χ0v) is 18.2. The first-order chi connectivity index (χ1) is 15.6. The number of para-hydroxylation sites is 2. The third-order valence-corrected chi connectivity index (χ3v) is 5.54. The van der Waals surface area contributed by atoms with Crippen molar-refractivity contribution in [3.05, 3.63) is 66.4 Å². The lowest BCUT2D eigenvalue weighted by molar-refractivity contribution is 0.0758. The average Bonchev–Trinajstić information content (AvgIpc) is 3.14. The Morgan fingerprint density at radius 1 is 0.875 bits per heavy atom. The molecular weight excluding hydrogens is 408 g/mol. The van der Waals surface area contributed by atoms with Crippen LogP contribution in [-0.2, 0) is 4.74 Å². The monoisotopic (exact) mass is 434 g/mol. The highest BCUT2D eigenvalue weighted by Crippen LogP contribution is 2.32. The molecule has 3 aromatic rings. The van der Waals surface area contributed by atoms with Crippen LogP contribution in [0.2, 0.25) is 0 Å². The van der Waals surface area contributed by atoms with E-state index in [9.17, 15) is 9.59 Å². The van der Waals surface area contributed by atoms with Crippen LogP contribution in [0.4, 0.5) is 4.79 Å². The van der Waals surface area contributed by atoms with Gasteiger partial charge in [0.1, 0.15) is 11.4 Å². The Morgan fingerprint density at radius 2 is 1.56 bits per heavy atom. The van der Waals surface area contributed by atoms with Gasteiger partial charge in [-0.3, -0.25) is 4.79 Å². The van der Waals surface area contributed by atoms with Gasteiger partial charge < -0.3 is 19.3 Å². The van der Waals surface area contributed by atoms with Crippen LogP contribution in [0, 0.1) is 0 Å². The second kappa shape index (κ2) is 9.55. The molecule has 0 aliphatic carbocycles. The van der Waals surface area contributed by atoms with Crippen molar-refractivity contribution in [3.63, 3.8) is 0 Å². The summed E-state index contributed by atoms with van der Waals surface area (Å²) in [5, 5.41) is 4.76. The van der Waals surface area contributed by atoms with Crippen molar-refractivity contribution in [2.75, 3.05) is 40.4 Å². The van der Waals surface area contributed by atoms with Crippen molar-refractivity contribution in [1.29, 1.82) is 0 Å². The minimum Gasteiger partial charge on any atom is -0.496 e. The standard InChI is InChI=1S/C24H26N4O4/c1-31-21-12-7-6-11-19(21)22-20(17-28(25-22)18-9-4-3-5-10-18)23(29)26-13-8-14-27(16-15-26)24(30)32-2/h3-7,9-12,17H,8,13-16H2,1-2H3. The van der Waals surface area contributed by atoms with Crippen LogP contribution in [0.3, 0.4) is 0 Å². The van der Waals surface area contributed by atoms with E-state index in [0.717, 1.165) is 11.3 Å². The quantitative estimate of drug-likeness (QED) is 0.629. The van der Waals surface area contributed by atoms with E-state index in [1.807, 2.05) is 54.6 Å². The molecular formula is C24H26N4O4. The predicted octanol–water partition coefficient (Wildman–Crippen LogP) is 3.46. The summed E-state index contributed by atoms with van der Waals surface area (Å²) < 4.78 is 12.1. The Bertz CT molecular complexity index is 1100. The lowest BCUT2D eigenvalue weighted by atomic mass is 10.1. The van der Waals surface area contributed by atoms with Gasteiger partial charge in [-0.25, -0.2) is 9.48 Å². The number of hydrogen-bond donors (Lipinski definition) is 0. The Morgan fingerprint density at radius 3 is 2.31 bits per heavy atom. The van der Waals surface area contributed by atoms with Gasteiger partial charge in [0.2, 0.25) is 0 Å². The highest BCUT2D eigenvalue weighted by atomic mass is 16.5. The van der Waals surface area contributed by atoms with Crippen LogP contribution in [-0.4, -0.2) is 72.0 Å². The Labute approximate surface area is 187 Å².